The molecule has 0 aromatic rings. The average molecular weight is 202 g/mol. The van der Waals surface area contributed by atoms with Crippen LogP contribution in [0.2, 0.25) is 0 Å². The van der Waals surface area contributed by atoms with Gasteiger partial charge in [-0.25, -0.2) is 0 Å². The lowest BCUT2D eigenvalue weighted by molar-refractivity contribution is -0.0407. The highest BCUT2D eigenvalue weighted by Gasteiger charge is 2.29. The number of thioether (sulfide) groups is 1. The molecular formula is C9H18N2OS. The molecule has 3 nitrogen and oxygen atoms in total. The Kier molecular flexibility index (Phi) is 3.49. The highest BCUT2D eigenvalue weighted by atomic mass is 32.2. The van der Waals surface area contributed by atoms with Crippen molar-refractivity contribution in [2.45, 2.75) is 18.6 Å². The first kappa shape index (κ1) is 9.77. The molecule has 13 heavy (non-hydrogen) atoms. The lowest BCUT2D eigenvalue weighted by atomic mass is 10.1. The monoisotopic (exact) mass is 202 g/mol. The Morgan fingerprint density at radius 3 is 2.92 bits per heavy atom. The molecule has 0 radical (unpaired) electrons. The maximum atomic E-state index is 5.64. The molecule has 1 atom stereocenters. The van der Waals surface area contributed by atoms with E-state index < -0.39 is 0 Å². The summed E-state index contributed by atoms with van der Waals surface area (Å²) in [5.74, 6) is 2.63. The third kappa shape index (κ3) is 2.37. The number of ether oxygens (including phenoxy) is 1. The fraction of sp³-hybridized carbons (Fsp3) is 1.00. The van der Waals surface area contributed by atoms with Crippen molar-refractivity contribution in [3.8, 4) is 0 Å². The van der Waals surface area contributed by atoms with E-state index in [1.165, 1.54) is 11.5 Å². The molecule has 0 amide bonds. The molecule has 0 saturated carbocycles. The molecule has 0 aromatic heterocycles. The van der Waals surface area contributed by atoms with Crippen LogP contribution in [0.25, 0.3) is 0 Å². The number of hydrogen-bond donors (Lipinski definition) is 1. The van der Waals surface area contributed by atoms with E-state index in [1.54, 1.807) is 0 Å². The van der Waals surface area contributed by atoms with E-state index in [4.69, 9.17) is 10.5 Å². The zero-order chi connectivity index (χ0) is 9.10. The first-order valence-corrected chi connectivity index (χ1v) is 6.19. The van der Waals surface area contributed by atoms with Crippen LogP contribution in [0.3, 0.4) is 0 Å². The molecule has 1 unspecified atom stereocenters. The van der Waals surface area contributed by atoms with Crippen molar-refractivity contribution in [2.24, 2.45) is 5.73 Å². The number of nitrogens with zero attached hydrogens (tertiary/aromatic N) is 1. The van der Waals surface area contributed by atoms with Crippen molar-refractivity contribution in [3.05, 3.63) is 0 Å². The van der Waals surface area contributed by atoms with Gasteiger partial charge in [0.25, 0.3) is 0 Å². The number of rotatable bonds is 3. The van der Waals surface area contributed by atoms with Crippen molar-refractivity contribution >= 4 is 11.8 Å². The summed E-state index contributed by atoms with van der Waals surface area (Å²) in [5, 5.41) is 0. The number of morpholine rings is 1. The van der Waals surface area contributed by atoms with E-state index in [1.807, 2.05) is 11.8 Å². The molecule has 2 N–H and O–H groups in total. The van der Waals surface area contributed by atoms with Crippen molar-refractivity contribution in [2.75, 3.05) is 37.7 Å². The summed E-state index contributed by atoms with van der Waals surface area (Å²) < 4.78 is 5.64. The first-order valence-electron chi connectivity index (χ1n) is 5.03. The van der Waals surface area contributed by atoms with Crippen molar-refractivity contribution in [1.29, 1.82) is 0 Å². The molecule has 2 fully saturated rings. The van der Waals surface area contributed by atoms with Gasteiger partial charge in [-0.1, -0.05) is 0 Å². The summed E-state index contributed by atoms with van der Waals surface area (Å²) in [5.41, 5.74) is 5.52. The Bertz CT molecular complexity index is 162. The van der Waals surface area contributed by atoms with Crippen LogP contribution in [-0.4, -0.2) is 54.8 Å². The Morgan fingerprint density at radius 2 is 2.31 bits per heavy atom. The van der Waals surface area contributed by atoms with Crippen LogP contribution < -0.4 is 5.73 Å². The molecule has 0 aromatic carbocycles. The fourth-order valence-corrected chi connectivity index (χ4v) is 2.74. The Morgan fingerprint density at radius 1 is 1.46 bits per heavy atom. The largest absolute Gasteiger partial charge is 0.376 e. The summed E-state index contributed by atoms with van der Waals surface area (Å²) in [4.78, 5) is 2.57. The highest BCUT2D eigenvalue weighted by Crippen LogP contribution is 2.25. The van der Waals surface area contributed by atoms with E-state index in [2.05, 4.69) is 4.90 Å². The van der Waals surface area contributed by atoms with Gasteiger partial charge in [-0.3, -0.25) is 4.90 Å². The SMILES string of the molecule is NCCC1CN(C2CSC2)CCO1. The van der Waals surface area contributed by atoms with E-state index in [0.29, 0.717) is 6.10 Å². The Balaban J connectivity index is 1.77. The summed E-state index contributed by atoms with van der Waals surface area (Å²) in [6.45, 7) is 3.86. The van der Waals surface area contributed by atoms with Crippen LogP contribution in [0.5, 0.6) is 0 Å². The molecule has 2 heterocycles. The minimum Gasteiger partial charge on any atom is -0.376 e. The van der Waals surface area contributed by atoms with E-state index in [9.17, 15) is 0 Å². The van der Waals surface area contributed by atoms with Gasteiger partial charge in [0.1, 0.15) is 0 Å². The molecule has 2 aliphatic heterocycles. The minimum absolute atomic E-state index is 0.393. The molecule has 2 saturated heterocycles. The fourth-order valence-electron chi connectivity index (χ4n) is 1.87. The van der Waals surface area contributed by atoms with Gasteiger partial charge in [0.15, 0.2) is 0 Å². The summed E-state index contributed by atoms with van der Waals surface area (Å²) in [6, 6.07) is 0.828. The first-order chi connectivity index (χ1) is 6.40. The van der Waals surface area contributed by atoms with Gasteiger partial charge in [-0.2, -0.15) is 11.8 Å². The number of nitrogens with two attached hydrogens (primary N) is 1. The van der Waals surface area contributed by atoms with Gasteiger partial charge < -0.3 is 10.5 Å². The zero-order valence-corrected chi connectivity index (χ0v) is 8.76. The highest BCUT2D eigenvalue weighted by molar-refractivity contribution is 8.00. The second kappa shape index (κ2) is 4.64. The van der Waals surface area contributed by atoms with Crippen molar-refractivity contribution in [1.82, 2.24) is 4.90 Å². The smallest absolute Gasteiger partial charge is 0.0714 e. The lowest BCUT2D eigenvalue weighted by Crippen LogP contribution is -2.52. The predicted octanol–water partition coefficient (Wildman–Crippen LogP) is 0.151. The normalized spacial score (nSPS) is 31.6. The van der Waals surface area contributed by atoms with Crippen LogP contribution in [0, 0.1) is 0 Å². The predicted molar refractivity (Wildman–Crippen MR) is 56.1 cm³/mol. The third-order valence-corrected chi connectivity index (χ3v) is 4.04. The average Bonchev–Trinajstić information content (AvgIpc) is 2.02. The third-order valence-electron chi connectivity index (χ3n) is 2.80. The minimum atomic E-state index is 0.393. The second-order valence-electron chi connectivity index (χ2n) is 3.76. The molecule has 4 heteroatoms. The molecule has 0 bridgehead atoms. The molecule has 0 aliphatic carbocycles. The Labute approximate surface area is 84.0 Å². The molecular weight excluding hydrogens is 184 g/mol. The van der Waals surface area contributed by atoms with Gasteiger partial charge >= 0.3 is 0 Å². The van der Waals surface area contributed by atoms with E-state index in [0.717, 1.165) is 38.7 Å². The summed E-state index contributed by atoms with van der Waals surface area (Å²) in [7, 11) is 0. The maximum Gasteiger partial charge on any atom is 0.0714 e. The van der Waals surface area contributed by atoms with Gasteiger partial charge in [-0.05, 0) is 13.0 Å². The van der Waals surface area contributed by atoms with E-state index in [-0.39, 0.29) is 0 Å². The van der Waals surface area contributed by atoms with Crippen molar-refractivity contribution < 1.29 is 4.74 Å². The molecule has 2 rings (SSSR count). The van der Waals surface area contributed by atoms with Gasteiger partial charge in [0, 0.05) is 30.6 Å². The van der Waals surface area contributed by atoms with Crippen molar-refractivity contribution in [3.63, 3.8) is 0 Å². The topological polar surface area (TPSA) is 38.5 Å². The zero-order valence-electron chi connectivity index (χ0n) is 7.95. The Hall–Kier alpha value is 0.230. The quantitative estimate of drug-likeness (QED) is 0.707. The summed E-state index contributed by atoms with van der Waals surface area (Å²) >= 11 is 2.05. The van der Waals surface area contributed by atoms with Gasteiger partial charge in [0.05, 0.1) is 12.7 Å². The van der Waals surface area contributed by atoms with Crippen LogP contribution in [0.4, 0.5) is 0 Å². The van der Waals surface area contributed by atoms with Crippen LogP contribution in [0.15, 0.2) is 0 Å². The molecule has 76 valence electrons. The van der Waals surface area contributed by atoms with Gasteiger partial charge in [-0.15, -0.1) is 0 Å². The molecule has 2 aliphatic rings. The van der Waals surface area contributed by atoms with Crippen LogP contribution in [-0.2, 0) is 4.74 Å². The maximum absolute atomic E-state index is 5.64. The number of hydrogen-bond acceptors (Lipinski definition) is 4. The van der Waals surface area contributed by atoms with Crippen LogP contribution in [0.1, 0.15) is 6.42 Å². The lowest BCUT2D eigenvalue weighted by Gasteiger charge is -2.41. The van der Waals surface area contributed by atoms with E-state index >= 15 is 0 Å². The van der Waals surface area contributed by atoms with Crippen LogP contribution >= 0.6 is 11.8 Å². The standard InChI is InChI=1S/C9H18N2OS/c10-2-1-9-5-11(3-4-12-9)8-6-13-7-8/h8-9H,1-7,10H2. The second-order valence-corrected chi connectivity index (χ2v) is 4.83. The molecule has 0 spiro atoms. The summed E-state index contributed by atoms with van der Waals surface area (Å²) in [6.07, 6.45) is 1.40. The van der Waals surface area contributed by atoms with Gasteiger partial charge in [0.2, 0.25) is 0 Å².